The Labute approximate surface area is 246 Å². The van der Waals surface area contributed by atoms with E-state index in [-0.39, 0.29) is 29.4 Å². The Morgan fingerprint density at radius 3 is 2.61 bits per heavy atom. The fourth-order valence-corrected chi connectivity index (χ4v) is 6.78. The second-order valence-corrected chi connectivity index (χ2v) is 11.3. The molecule has 2 aromatic carbocycles. The first-order valence-corrected chi connectivity index (χ1v) is 15.0. The van der Waals surface area contributed by atoms with E-state index in [1.54, 1.807) is 52.2 Å². The van der Waals surface area contributed by atoms with Gasteiger partial charge in [-0.25, -0.2) is 4.68 Å². The summed E-state index contributed by atoms with van der Waals surface area (Å²) in [6, 6.07) is 23.3. The maximum absolute atomic E-state index is 13.8. The molecule has 0 radical (unpaired) electrons. The molecular weight excluding hydrogens is 555 g/mol. The van der Waals surface area contributed by atoms with Crippen LogP contribution < -0.4 is 15.0 Å². The number of carbonyl (C=O) groups is 2. The molecule has 2 amide bonds. The SMILES string of the molecule is COc1ccc(-n2nc(-c3ccccc3)c3c2N(CC(=O)NCc2cccnc2)C(=O)CSC3c2ccsc2)cc1. The van der Waals surface area contributed by atoms with Crippen LogP contribution in [0.1, 0.15) is 21.9 Å². The van der Waals surface area contributed by atoms with Gasteiger partial charge in [0.05, 0.1) is 29.5 Å². The molecule has 3 aromatic heterocycles. The summed E-state index contributed by atoms with van der Waals surface area (Å²) in [4.78, 5) is 32.8. The average molecular weight is 582 g/mol. The third-order valence-corrected chi connectivity index (χ3v) is 8.77. The fourth-order valence-electron chi connectivity index (χ4n) is 4.82. The van der Waals surface area contributed by atoms with Crippen molar-refractivity contribution in [3.8, 4) is 22.7 Å². The Bertz CT molecular complexity index is 1640. The number of benzene rings is 2. The van der Waals surface area contributed by atoms with E-state index in [0.717, 1.165) is 33.6 Å². The Morgan fingerprint density at radius 2 is 1.90 bits per heavy atom. The number of ether oxygens (including phenoxy) is 1. The van der Waals surface area contributed by atoms with E-state index in [9.17, 15) is 9.59 Å². The predicted octanol–water partition coefficient (Wildman–Crippen LogP) is 5.49. The van der Waals surface area contributed by atoms with Crippen LogP contribution >= 0.6 is 23.1 Å². The summed E-state index contributed by atoms with van der Waals surface area (Å²) < 4.78 is 7.17. The first kappa shape index (κ1) is 26.8. The molecule has 1 unspecified atom stereocenters. The smallest absolute Gasteiger partial charge is 0.240 e. The number of anilines is 1. The van der Waals surface area contributed by atoms with Gasteiger partial charge in [-0.1, -0.05) is 36.4 Å². The van der Waals surface area contributed by atoms with Crippen LogP contribution in [-0.4, -0.2) is 46.0 Å². The first-order valence-electron chi connectivity index (χ1n) is 13.0. The molecule has 4 heterocycles. The molecule has 206 valence electrons. The van der Waals surface area contributed by atoms with Crippen LogP contribution in [0, 0.1) is 0 Å². The summed E-state index contributed by atoms with van der Waals surface area (Å²) in [5.41, 5.74) is 5.35. The number of rotatable bonds is 8. The van der Waals surface area contributed by atoms with Gasteiger partial charge in [-0.15, -0.1) is 11.8 Å². The number of carbonyl (C=O) groups excluding carboxylic acids is 2. The second kappa shape index (κ2) is 12.0. The van der Waals surface area contributed by atoms with Gasteiger partial charge in [0.15, 0.2) is 0 Å². The molecule has 0 spiro atoms. The van der Waals surface area contributed by atoms with Gasteiger partial charge in [-0.3, -0.25) is 19.5 Å². The van der Waals surface area contributed by atoms with Gasteiger partial charge < -0.3 is 10.1 Å². The van der Waals surface area contributed by atoms with Gasteiger partial charge in [-0.2, -0.15) is 16.4 Å². The fraction of sp³-hybridized carbons (Fsp3) is 0.161. The van der Waals surface area contributed by atoms with E-state index in [2.05, 4.69) is 21.7 Å². The summed E-state index contributed by atoms with van der Waals surface area (Å²) in [6.45, 7) is 0.180. The lowest BCUT2D eigenvalue weighted by Gasteiger charge is -2.23. The van der Waals surface area contributed by atoms with Crippen molar-refractivity contribution in [2.45, 2.75) is 11.8 Å². The highest BCUT2D eigenvalue weighted by atomic mass is 32.2. The van der Waals surface area contributed by atoms with Crippen molar-refractivity contribution in [1.29, 1.82) is 0 Å². The Kier molecular flexibility index (Phi) is 7.84. The van der Waals surface area contributed by atoms with Crippen molar-refractivity contribution in [3.63, 3.8) is 0 Å². The zero-order chi connectivity index (χ0) is 28.2. The van der Waals surface area contributed by atoms with Crippen LogP contribution in [0.25, 0.3) is 16.9 Å². The highest BCUT2D eigenvalue weighted by molar-refractivity contribution is 8.00. The number of amides is 2. The molecule has 0 bridgehead atoms. The van der Waals surface area contributed by atoms with E-state index in [1.165, 1.54) is 0 Å². The minimum atomic E-state index is -0.268. The molecule has 6 rings (SSSR count). The van der Waals surface area contributed by atoms with Crippen LogP contribution in [-0.2, 0) is 16.1 Å². The molecule has 8 nitrogen and oxygen atoms in total. The van der Waals surface area contributed by atoms with Gasteiger partial charge in [0.25, 0.3) is 0 Å². The van der Waals surface area contributed by atoms with E-state index in [4.69, 9.17) is 9.84 Å². The molecule has 5 aromatic rings. The summed E-state index contributed by atoms with van der Waals surface area (Å²) in [6.07, 6.45) is 3.40. The van der Waals surface area contributed by atoms with Crippen LogP contribution in [0.2, 0.25) is 0 Å². The van der Waals surface area contributed by atoms with Crippen molar-refractivity contribution in [2.75, 3.05) is 24.3 Å². The van der Waals surface area contributed by atoms with E-state index >= 15 is 0 Å². The van der Waals surface area contributed by atoms with Crippen molar-refractivity contribution in [2.24, 2.45) is 0 Å². The summed E-state index contributed by atoms with van der Waals surface area (Å²) in [5.74, 6) is 1.11. The monoisotopic (exact) mass is 581 g/mol. The highest BCUT2D eigenvalue weighted by Crippen LogP contribution is 2.48. The lowest BCUT2D eigenvalue weighted by Crippen LogP contribution is -2.42. The Morgan fingerprint density at radius 1 is 1.07 bits per heavy atom. The molecule has 1 aliphatic rings. The van der Waals surface area contributed by atoms with E-state index in [0.29, 0.717) is 18.1 Å². The molecule has 1 N–H and O–H groups in total. The molecule has 10 heteroatoms. The molecular formula is C31H27N5O3S2. The van der Waals surface area contributed by atoms with Gasteiger partial charge in [-0.05, 0) is 58.3 Å². The number of thioether (sulfide) groups is 1. The van der Waals surface area contributed by atoms with E-state index < -0.39 is 0 Å². The maximum atomic E-state index is 13.8. The summed E-state index contributed by atoms with van der Waals surface area (Å²) in [5, 5.41) is 12.1. The Hall–Kier alpha value is -4.41. The van der Waals surface area contributed by atoms with Crippen LogP contribution in [0.4, 0.5) is 5.82 Å². The average Bonchev–Trinajstić information content (AvgIpc) is 3.67. The molecule has 0 saturated heterocycles. The van der Waals surface area contributed by atoms with Crippen molar-refractivity contribution < 1.29 is 14.3 Å². The Balaban J connectivity index is 1.49. The zero-order valence-corrected chi connectivity index (χ0v) is 23.9. The highest BCUT2D eigenvalue weighted by Gasteiger charge is 2.37. The minimum absolute atomic E-state index is 0.140. The van der Waals surface area contributed by atoms with Gasteiger partial charge in [0.2, 0.25) is 11.8 Å². The number of methoxy groups -OCH3 is 1. The largest absolute Gasteiger partial charge is 0.497 e. The molecule has 1 aliphatic heterocycles. The molecule has 41 heavy (non-hydrogen) atoms. The van der Waals surface area contributed by atoms with Crippen LogP contribution in [0.15, 0.2) is 96.0 Å². The molecule has 0 aliphatic carbocycles. The van der Waals surface area contributed by atoms with Gasteiger partial charge in [0.1, 0.15) is 18.1 Å². The maximum Gasteiger partial charge on any atom is 0.240 e. The normalized spacial score (nSPS) is 14.8. The summed E-state index contributed by atoms with van der Waals surface area (Å²) in [7, 11) is 1.62. The van der Waals surface area contributed by atoms with Crippen LogP contribution in [0.3, 0.4) is 0 Å². The van der Waals surface area contributed by atoms with Crippen molar-refractivity contribution in [3.05, 3.63) is 113 Å². The second-order valence-electron chi connectivity index (χ2n) is 9.43. The number of pyridine rings is 1. The van der Waals surface area contributed by atoms with E-state index in [1.807, 2.05) is 72.1 Å². The lowest BCUT2D eigenvalue weighted by molar-refractivity contribution is -0.123. The van der Waals surface area contributed by atoms with Gasteiger partial charge >= 0.3 is 0 Å². The number of nitrogens with zero attached hydrogens (tertiary/aromatic N) is 4. The molecule has 1 atom stereocenters. The number of hydrogen-bond donors (Lipinski definition) is 1. The zero-order valence-electron chi connectivity index (χ0n) is 22.3. The number of fused-ring (bicyclic) bond motifs is 1. The first-order chi connectivity index (χ1) is 20.1. The number of nitrogens with one attached hydrogen (secondary N) is 1. The lowest BCUT2D eigenvalue weighted by atomic mass is 10.0. The molecule has 0 saturated carbocycles. The quantitative estimate of drug-likeness (QED) is 0.261. The predicted molar refractivity (Wildman–Crippen MR) is 163 cm³/mol. The van der Waals surface area contributed by atoms with Crippen LogP contribution in [0.5, 0.6) is 5.75 Å². The third kappa shape index (κ3) is 5.61. The van der Waals surface area contributed by atoms with Gasteiger partial charge in [0, 0.05) is 30.1 Å². The topological polar surface area (TPSA) is 89.3 Å². The number of aromatic nitrogens is 3. The third-order valence-electron chi connectivity index (χ3n) is 6.81. The minimum Gasteiger partial charge on any atom is -0.497 e. The van der Waals surface area contributed by atoms with Crippen molar-refractivity contribution >= 4 is 40.7 Å². The number of thiophene rings is 1. The standard InChI is InChI=1S/C31H27N5O3S2/c1-39-25-11-9-24(10-12-25)36-31-28(29(34-36)22-7-3-2-4-8-22)30(23-13-15-40-19-23)41-20-27(38)35(31)18-26(37)33-17-21-6-5-14-32-16-21/h2-16,19,30H,17-18,20H2,1H3,(H,33,37). The van der Waals surface area contributed by atoms with Crippen molar-refractivity contribution in [1.82, 2.24) is 20.1 Å². The summed E-state index contributed by atoms with van der Waals surface area (Å²) >= 11 is 3.18. The number of hydrogen-bond acceptors (Lipinski definition) is 7. The molecule has 0 fully saturated rings.